The quantitative estimate of drug-likeness (QED) is 0.540. The van der Waals surface area contributed by atoms with Crippen LogP contribution >= 0.6 is 0 Å². The number of rotatable bonds is 7. The van der Waals surface area contributed by atoms with Crippen LogP contribution in [0.3, 0.4) is 0 Å². The summed E-state index contributed by atoms with van der Waals surface area (Å²) < 4.78 is 10.2. The van der Waals surface area contributed by atoms with Gasteiger partial charge in [-0.25, -0.2) is 9.59 Å². The van der Waals surface area contributed by atoms with Crippen LogP contribution in [0.5, 0.6) is 0 Å². The summed E-state index contributed by atoms with van der Waals surface area (Å²) in [7, 11) is 1.31. The Morgan fingerprint density at radius 1 is 1.12 bits per heavy atom. The summed E-state index contributed by atoms with van der Waals surface area (Å²) in [5.74, 6) is -0.775. The number of amides is 2. The molecule has 1 saturated heterocycles. The lowest BCUT2D eigenvalue weighted by Gasteiger charge is -2.27. The number of carbonyl (C=O) groups excluding carboxylic acids is 3. The number of methoxy groups -OCH3 is 1. The summed E-state index contributed by atoms with van der Waals surface area (Å²) in [5, 5.41) is 3.70. The van der Waals surface area contributed by atoms with Gasteiger partial charge in [0.05, 0.1) is 7.11 Å². The fraction of sp³-hybridized carbons (Fsp3) is 0.320. The summed E-state index contributed by atoms with van der Waals surface area (Å²) in [5.41, 5.74) is 2.68. The van der Waals surface area contributed by atoms with Gasteiger partial charge in [0.15, 0.2) is 0 Å². The molecule has 1 aliphatic heterocycles. The number of alkyl carbamates (subject to hydrolysis) is 1. The van der Waals surface area contributed by atoms with Gasteiger partial charge in [0.1, 0.15) is 18.7 Å². The minimum Gasteiger partial charge on any atom is -0.467 e. The number of hydrogen-bond donors (Lipinski definition) is 2. The molecular weight excluding hydrogens is 422 g/mol. The van der Waals surface area contributed by atoms with E-state index in [2.05, 4.69) is 10.3 Å². The fourth-order valence-electron chi connectivity index (χ4n) is 4.24. The van der Waals surface area contributed by atoms with Crippen molar-refractivity contribution >= 4 is 28.9 Å². The van der Waals surface area contributed by atoms with E-state index >= 15 is 0 Å². The lowest BCUT2D eigenvalue weighted by molar-refractivity contribution is -0.151. The molecule has 2 aromatic carbocycles. The highest BCUT2D eigenvalue weighted by atomic mass is 16.5. The molecule has 33 heavy (non-hydrogen) atoms. The van der Waals surface area contributed by atoms with E-state index < -0.39 is 24.1 Å². The van der Waals surface area contributed by atoms with Crippen molar-refractivity contribution in [2.45, 2.75) is 38.0 Å². The number of ether oxygens (including phenoxy) is 2. The van der Waals surface area contributed by atoms with E-state index in [0.717, 1.165) is 22.0 Å². The monoisotopic (exact) mass is 449 g/mol. The molecule has 1 aromatic heterocycles. The predicted molar refractivity (Wildman–Crippen MR) is 122 cm³/mol. The molecule has 0 unspecified atom stereocenters. The van der Waals surface area contributed by atoms with Crippen LogP contribution < -0.4 is 5.32 Å². The van der Waals surface area contributed by atoms with E-state index in [0.29, 0.717) is 19.4 Å². The van der Waals surface area contributed by atoms with Gasteiger partial charge in [0, 0.05) is 30.1 Å². The molecule has 172 valence electrons. The first-order valence-corrected chi connectivity index (χ1v) is 11.0. The highest BCUT2D eigenvalue weighted by Crippen LogP contribution is 2.23. The first-order valence-electron chi connectivity index (χ1n) is 11.0. The van der Waals surface area contributed by atoms with Crippen LogP contribution in [0.2, 0.25) is 0 Å². The number of esters is 1. The molecule has 3 aromatic rings. The minimum absolute atomic E-state index is 0.0924. The van der Waals surface area contributed by atoms with E-state index in [1.54, 1.807) is 0 Å². The number of nitrogens with one attached hydrogen (secondary N) is 2. The third-order valence-corrected chi connectivity index (χ3v) is 5.91. The first-order chi connectivity index (χ1) is 16.1. The highest BCUT2D eigenvalue weighted by Gasteiger charge is 2.38. The number of aromatic nitrogens is 1. The third kappa shape index (κ3) is 5.16. The number of para-hydroxylation sites is 1. The molecule has 2 atom stereocenters. The molecule has 8 heteroatoms. The van der Waals surface area contributed by atoms with Crippen LogP contribution in [0.1, 0.15) is 24.0 Å². The number of likely N-dealkylation sites (tertiary alicyclic amines) is 1. The Balaban J connectivity index is 1.52. The lowest BCUT2D eigenvalue weighted by Crippen LogP contribution is -2.52. The number of benzene rings is 2. The maximum Gasteiger partial charge on any atom is 0.408 e. The van der Waals surface area contributed by atoms with Gasteiger partial charge in [-0.2, -0.15) is 0 Å². The van der Waals surface area contributed by atoms with Crippen molar-refractivity contribution in [2.24, 2.45) is 0 Å². The molecule has 0 aliphatic carbocycles. The Kier molecular flexibility index (Phi) is 6.92. The number of H-pyrrole nitrogens is 1. The third-order valence-electron chi connectivity index (χ3n) is 5.91. The average molecular weight is 450 g/mol. The van der Waals surface area contributed by atoms with Crippen molar-refractivity contribution in [3.05, 3.63) is 71.9 Å². The van der Waals surface area contributed by atoms with Crippen LogP contribution in [0.25, 0.3) is 10.9 Å². The normalized spacial score (nSPS) is 16.4. The van der Waals surface area contributed by atoms with Gasteiger partial charge in [-0.3, -0.25) is 4.79 Å². The Hall–Kier alpha value is -3.81. The second-order valence-corrected chi connectivity index (χ2v) is 8.04. The maximum atomic E-state index is 13.5. The van der Waals surface area contributed by atoms with E-state index in [1.807, 2.05) is 60.8 Å². The average Bonchev–Trinajstić information content (AvgIpc) is 3.50. The van der Waals surface area contributed by atoms with Crippen LogP contribution in [-0.4, -0.2) is 53.6 Å². The Bertz CT molecular complexity index is 1130. The van der Waals surface area contributed by atoms with E-state index in [9.17, 15) is 14.4 Å². The van der Waals surface area contributed by atoms with E-state index in [4.69, 9.17) is 9.47 Å². The van der Waals surface area contributed by atoms with Crippen molar-refractivity contribution in [1.82, 2.24) is 15.2 Å². The maximum absolute atomic E-state index is 13.5. The molecule has 1 fully saturated rings. The molecule has 2 heterocycles. The van der Waals surface area contributed by atoms with Crippen molar-refractivity contribution < 1.29 is 23.9 Å². The summed E-state index contributed by atoms with van der Waals surface area (Å²) >= 11 is 0. The van der Waals surface area contributed by atoms with E-state index in [-0.39, 0.29) is 18.9 Å². The van der Waals surface area contributed by atoms with Crippen LogP contribution in [0.15, 0.2) is 60.8 Å². The summed E-state index contributed by atoms with van der Waals surface area (Å²) in [4.78, 5) is 43.0. The molecule has 0 saturated carbocycles. The van der Waals surface area contributed by atoms with Crippen molar-refractivity contribution in [3.63, 3.8) is 0 Å². The van der Waals surface area contributed by atoms with Gasteiger partial charge in [0.25, 0.3) is 0 Å². The zero-order valence-corrected chi connectivity index (χ0v) is 18.5. The Labute approximate surface area is 191 Å². The number of carbonyl (C=O) groups is 3. The summed E-state index contributed by atoms with van der Waals surface area (Å²) in [6.07, 6.45) is 2.64. The SMILES string of the molecule is COC(=O)[C@@H]1CCCN1C(=O)[C@H](Cc1c[nH]c2ccccc12)NC(=O)OCc1ccccc1. The standard InChI is InChI=1S/C25H27N3O5/c1-32-24(30)22-12-7-13-28(22)23(29)21(14-18-15-26-20-11-6-5-10-19(18)20)27-25(31)33-16-17-8-3-2-4-9-17/h2-6,8-11,15,21-22,26H,7,12-14,16H2,1H3,(H,27,31)/t21-,22-/m0/s1. The van der Waals surface area contributed by atoms with Crippen molar-refractivity contribution in [2.75, 3.05) is 13.7 Å². The Morgan fingerprint density at radius 3 is 2.67 bits per heavy atom. The van der Waals surface area contributed by atoms with Crippen molar-refractivity contribution in [1.29, 1.82) is 0 Å². The molecule has 8 nitrogen and oxygen atoms in total. The van der Waals surface area contributed by atoms with Gasteiger partial charge in [-0.1, -0.05) is 48.5 Å². The predicted octanol–water partition coefficient (Wildman–Crippen LogP) is 3.17. The van der Waals surface area contributed by atoms with Crippen LogP contribution in [0, 0.1) is 0 Å². The van der Waals surface area contributed by atoms with Crippen LogP contribution in [0.4, 0.5) is 4.79 Å². The van der Waals surface area contributed by atoms with Gasteiger partial charge < -0.3 is 24.7 Å². The molecule has 0 radical (unpaired) electrons. The zero-order valence-electron chi connectivity index (χ0n) is 18.5. The summed E-state index contributed by atoms with van der Waals surface area (Å²) in [6, 6.07) is 15.5. The molecular formula is C25H27N3O5. The highest BCUT2D eigenvalue weighted by molar-refractivity contribution is 5.91. The van der Waals surface area contributed by atoms with Gasteiger partial charge in [0.2, 0.25) is 5.91 Å². The van der Waals surface area contributed by atoms with E-state index in [1.165, 1.54) is 12.0 Å². The second-order valence-electron chi connectivity index (χ2n) is 8.04. The number of hydrogen-bond acceptors (Lipinski definition) is 5. The largest absolute Gasteiger partial charge is 0.467 e. The van der Waals surface area contributed by atoms with Gasteiger partial charge in [-0.15, -0.1) is 0 Å². The number of fused-ring (bicyclic) bond motifs is 1. The number of nitrogens with zero attached hydrogens (tertiary/aromatic N) is 1. The zero-order chi connectivity index (χ0) is 23.2. The molecule has 2 N–H and O–H groups in total. The fourth-order valence-corrected chi connectivity index (χ4v) is 4.24. The minimum atomic E-state index is -0.891. The molecule has 4 rings (SSSR count). The molecule has 1 aliphatic rings. The topological polar surface area (TPSA) is 101 Å². The smallest absolute Gasteiger partial charge is 0.408 e. The molecule has 0 spiro atoms. The molecule has 2 amide bonds. The van der Waals surface area contributed by atoms with Gasteiger partial charge >= 0.3 is 12.1 Å². The van der Waals surface area contributed by atoms with Crippen LogP contribution in [-0.2, 0) is 32.1 Å². The van der Waals surface area contributed by atoms with Gasteiger partial charge in [-0.05, 0) is 30.0 Å². The second kappa shape index (κ2) is 10.2. The summed E-state index contributed by atoms with van der Waals surface area (Å²) in [6.45, 7) is 0.527. The Morgan fingerprint density at radius 2 is 1.88 bits per heavy atom. The first kappa shape index (κ1) is 22.4. The van der Waals surface area contributed by atoms with Crippen molar-refractivity contribution in [3.8, 4) is 0 Å². The lowest BCUT2D eigenvalue weighted by atomic mass is 10.0. The molecule has 0 bridgehead atoms. The number of aromatic amines is 1.